The average Bonchev–Trinajstić information content (AvgIpc) is 3.03. The second kappa shape index (κ2) is 7.84. The number of benzene rings is 1. The SMILES string of the molecule is Cc1c(C(=O)NCC2(N3CCN(C)CC3)CCCCC2)oc2ccc(F)cc12. The van der Waals surface area contributed by atoms with Crippen molar-refractivity contribution in [3.05, 3.63) is 35.3 Å². The number of amides is 1. The molecule has 0 spiro atoms. The number of aryl methyl sites for hydroxylation is 1. The van der Waals surface area contributed by atoms with Crippen molar-refractivity contribution < 1.29 is 13.6 Å². The number of carbonyl (C=O) groups excluding carboxylic acids is 1. The Morgan fingerprint density at radius 1 is 1.18 bits per heavy atom. The van der Waals surface area contributed by atoms with E-state index in [0.717, 1.165) is 39.0 Å². The van der Waals surface area contributed by atoms with E-state index in [1.54, 1.807) is 6.07 Å². The normalized spacial score (nSPS) is 21.1. The summed E-state index contributed by atoms with van der Waals surface area (Å²) < 4.78 is 19.3. The summed E-state index contributed by atoms with van der Waals surface area (Å²) in [4.78, 5) is 17.9. The van der Waals surface area contributed by atoms with Crippen LogP contribution in [-0.4, -0.2) is 61.0 Å². The van der Waals surface area contributed by atoms with Crippen molar-refractivity contribution in [2.24, 2.45) is 0 Å². The van der Waals surface area contributed by atoms with Gasteiger partial charge in [-0.1, -0.05) is 19.3 Å². The van der Waals surface area contributed by atoms with E-state index in [1.165, 1.54) is 31.4 Å². The lowest BCUT2D eigenvalue weighted by Crippen LogP contribution is -2.61. The van der Waals surface area contributed by atoms with E-state index < -0.39 is 0 Å². The highest BCUT2D eigenvalue weighted by Gasteiger charge is 2.39. The van der Waals surface area contributed by atoms with Crippen molar-refractivity contribution in [2.45, 2.75) is 44.6 Å². The molecule has 0 unspecified atom stereocenters. The smallest absolute Gasteiger partial charge is 0.287 e. The summed E-state index contributed by atoms with van der Waals surface area (Å²) in [5, 5.41) is 3.82. The Balaban J connectivity index is 1.51. The lowest BCUT2D eigenvalue weighted by atomic mass is 9.79. The summed E-state index contributed by atoms with van der Waals surface area (Å²) >= 11 is 0. The van der Waals surface area contributed by atoms with Gasteiger partial charge in [0.2, 0.25) is 0 Å². The Kier molecular flexibility index (Phi) is 5.43. The van der Waals surface area contributed by atoms with E-state index >= 15 is 0 Å². The topological polar surface area (TPSA) is 48.7 Å². The first kappa shape index (κ1) is 19.4. The van der Waals surface area contributed by atoms with Crippen LogP contribution in [0.25, 0.3) is 11.0 Å². The minimum Gasteiger partial charge on any atom is -0.451 e. The maximum atomic E-state index is 13.6. The summed E-state index contributed by atoms with van der Waals surface area (Å²) in [6, 6.07) is 4.37. The van der Waals surface area contributed by atoms with E-state index in [-0.39, 0.29) is 17.3 Å². The zero-order chi connectivity index (χ0) is 19.7. The minimum atomic E-state index is -0.320. The Morgan fingerprint density at radius 3 is 2.61 bits per heavy atom. The van der Waals surface area contributed by atoms with Gasteiger partial charge >= 0.3 is 0 Å². The summed E-state index contributed by atoms with van der Waals surface area (Å²) in [7, 11) is 2.17. The van der Waals surface area contributed by atoms with Crippen LogP contribution in [0.15, 0.2) is 22.6 Å². The van der Waals surface area contributed by atoms with Gasteiger partial charge in [-0.05, 0) is 45.0 Å². The molecule has 1 aliphatic heterocycles. The van der Waals surface area contributed by atoms with Crippen molar-refractivity contribution in [3.63, 3.8) is 0 Å². The van der Waals surface area contributed by atoms with E-state index in [2.05, 4.69) is 22.2 Å². The van der Waals surface area contributed by atoms with Crippen molar-refractivity contribution in [1.29, 1.82) is 0 Å². The number of hydrogen-bond donors (Lipinski definition) is 1. The molecule has 1 aromatic heterocycles. The number of likely N-dealkylation sites (N-methyl/N-ethyl adjacent to an activating group) is 1. The van der Waals surface area contributed by atoms with Crippen molar-refractivity contribution in [1.82, 2.24) is 15.1 Å². The third-order valence-electron chi connectivity index (χ3n) is 6.64. The van der Waals surface area contributed by atoms with Gasteiger partial charge in [0.25, 0.3) is 5.91 Å². The van der Waals surface area contributed by atoms with Gasteiger partial charge in [0.05, 0.1) is 0 Å². The molecule has 0 radical (unpaired) electrons. The molecule has 2 fully saturated rings. The van der Waals surface area contributed by atoms with Crippen LogP contribution in [0.3, 0.4) is 0 Å². The van der Waals surface area contributed by atoms with Gasteiger partial charge < -0.3 is 14.6 Å². The standard InChI is InChI=1S/C22H30FN3O2/c1-16-18-14-17(23)6-7-19(18)28-20(16)21(27)24-15-22(8-4-3-5-9-22)26-12-10-25(2)11-13-26/h6-7,14H,3-5,8-13,15H2,1-2H3,(H,24,27). The zero-order valence-corrected chi connectivity index (χ0v) is 16.9. The first-order chi connectivity index (χ1) is 13.5. The molecule has 28 heavy (non-hydrogen) atoms. The van der Waals surface area contributed by atoms with Gasteiger partial charge in [0.15, 0.2) is 5.76 Å². The molecule has 1 saturated heterocycles. The van der Waals surface area contributed by atoms with Crippen LogP contribution in [0, 0.1) is 12.7 Å². The van der Waals surface area contributed by atoms with Crippen molar-refractivity contribution in [3.8, 4) is 0 Å². The van der Waals surface area contributed by atoms with Crippen LogP contribution >= 0.6 is 0 Å². The second-order valence-corrected chi connectivity index (χ2v) is 8.45. The van der Waals surface area contributed by atoms with Gasteiger partial charge in [-0.15, -0.1) is 0 Å². The largest absolute Gasteiger partial charge is 0.451 e. The zero-order valence-electron chi connectivity index (χ0n) is 16.9. The molecule has 6 heteroatoms. The number of nitrogens with one attached hydrogen (secondary N) is 1. The molecule has 1 amide bonds. The highest BCUT2D eigenvalue weighted by Crippen LogP contribution is 2.34. The van der Waals surface area contributed by atoms with Crippen LogP contribution in [-0.2, 0) is 0 Å². The summed E-state index contributed by atoms with van der Waals surface area (Å²) in [5.41, 5.74) is 1.29. The van der Waals surface area contributed by atoms with Crippen molar-refractivity contribution >= 4 is 16.9 Å². The first-order valence-electron chi connectivity index (χ1n) is 10.4. The quantitative estimate of drug-likeness (QED) is 0.872. The highest BCUT2D eigenvalue weighted by molar-refractivity contribution is 5.98. The Bertz CT molecular complexity index is 849. The van der Waals surface area contributed by atoms with Gasteiger partial charge in [-0.25, -0.2) is 4.39 Å². The molecule has 2 aromatic rings. The number of piperazine rings is 1. The summed E-state index contributed by atoms with van der Waals surface area (Å²) in [5.74, 6) is -0.224. The van der Waals surface area contributed by atoms with E-state index in [4.69, 9.17) is 4.42 Å². The molecule has 0 atom stereocenters. The number of nitrogens with zero attached hydrogens (tertiary/aromatic N) is 2. The monoisotopic (exact) mass is 387 g/mol. The Morgan fingerprint density at radius 2 is 1.89 bits per heavy atom. The number of fused-ring (bicyclic) bond motifs is 1. The van der Waals surface area contributed by atoms with Gasteiger partial charge in [0.1, 0.15) is 11.4 Å². The number of carbonyl (C=O) groups is 1. The van der Waals surface area contributed by atoms with Crippen LogP contribution in [0.4, 0.5) is 4.39 Å². The van der Waals surface area contributed by atoms with Gasteiger partial charge in [-0.2, -0.15) is 0 Å². The highest BCUT2D eigenvalue weighted by atomic mass is 19.1. The molecule has 0 bridgehead atoms. The number of rotatable bonds is 4. The van der Waals surface area contributed by atoms with Crippen LogP contribution in [0.2, 0.25) is 0 Å². The van der Waals surface area contributed by atoms with Crippen LogP contribution < -0.4 is 5.32 Å². The predicted molar refractivity (Wildman–Crippen MR) is 108 cm³/mol. The maximum absolute atomic E-state index is 13.6. The minimum absolute atomic E-state index is 0.0429. The lowest BCUT2D eigenvalue weighted by Gasteiger charge is -2.49. The third kappa shape index (κ3) is 3.67. The Hall–Kier alpha value is -1.92. The molecule has 1 saturated carbocycles. The van der Waals surface area contributed by atoms with Crippen LogP contribution in [0.1, 0.15) is 48.2 Å². The molecule has 1 N–H and O–H groups in total. The predicted octanol–water partition coefficient (Wildman–Crippen LogP) is 3.56. The number of furan rings is 1. The molecule has 5 nitrogen and oxygen atoms in total. The van der Waals surface area contributed by atoms with Crippen LogP contribution in [0.5, 0.6) is 0 Å². The van der Waals surface area contributed by atoms with Gasteiger partial charge in [-0.3, -0.25) is 9.69 Å². The fraction of sp³-hybridized carbons (Fsp3) is 0.591. The molecular formula is C22H30FN3O2. The molecule has 1 aromatic carbocycles. The molecule has 152 valence electrons. The summed E-state index contributed by atoms with van der Waals surface area (Å²) in [6.45, 7) is 6.70. The first-order valence-corrected chi connectivity index (χ1v) is 10.4. The maximum Gasteiger partial charge on any atom is 0.287 e. The molecule has 2 aliphatic rings. The average molecular weight is 387 g/mol. The molecule has 2 heterocycles. The number of halogens is 1. The Labute approximate surface area is 165 Å². The van der Waals surface area contributed by atoms with E-state index in [0.29, 0.717) is 28.8 Å². The summed E-state index contributed by atoms with van der Waals surface area (Å²) in [6.07, 6.45) is 5.95. The fourth-order valence-corrected chi connectivity index (χ4v) is 4.83. The third-order valence-corrected chi connectivity index (χ3v) is 6.64. The number of hydrogen-bond acceptors (Lipinski definition) is 4. The van der Waals surface area contributed by atoms with Crippen molar-refractivity contribution in [2.75, 3.05) is 39.8 Å². The molecular weight excluding hydrogens is 357 g/mol. The van der Waals surface area contributed by atoms with E-state index in [9.17, 15) is 9.18 Å². The molecule has 4 rings (SSSR count). The molecule has 1 aliphatic carbocycles. The van der Waals surface area contributed by atoms with Gasteiger partial charge in [0, 0.05) is 49.2 Å². The second-order valence-electron chi connectivity index (χ2n) is 8.45. The lowest BCUT2D eigenvalue weighted by molar-refractivity contribution is 0.0136. The fourth-order valence-electron chi connectivity index (χ4n) is 4.83. The van der Waals surface area contributed by atoms with E-state index in [1.807, 2.05) is 6.92 Å².